The van der Waals surface area contributed by atoms with E-state index in [9.17, 15) is 9.59 Å². The summed E-state index contributed by atoms with van der Waals surface area (Å²) in [5.74, 6) is -0.0968. The maximum atomic E-state index is 12.3. The number of methoxy groups -OCH3 is 1. The predicted octanol–water partition coefficient (Wildman–Crippen LogP) is 2.99. The van der Waals surface area contributed by atoms with E-state index in [1.807, 2.05) is 42.5 Å². The van der Waals surface area contributed by atoms with E-state index in [0.717, 1.165) is 11.1 Å². The van der Waals surface area contributed by atoms with Gasteiger partial charge in [0.05, 0.1) is 13.3 Å². The van der Waals surface area contributed by atoms with Crippen molar-refractivity contribution in [3.05, 3.63) is 83.9 Å². The Balaban J connectivity index is 1.62. The highest BCUT2D eigenvalue weighted by molar-refractivity contribution is 5.95. The molecule has 2 amide bonds. The number of benzene rings is 3. The molecule has 0 aromatic heterocycles. The molecule has 0 saturated heterocycles. The number of ether oxygens (including phenoxy) is 2. The Hall–Kier alpha value is -4.13. The van der Waals surface area contributed by atoms with Gasteiger partial charge in [-0.25, -0.2) is 5.43 Å². The summed E-state index contributed by atoms with van der Waals surface area (Å²) in [6.45, 7) is -0.247. The molecule has 7 heteroatoms. The zero-order valence-electron chi connectivity index (χ0n) is 16.4. The van der Waals surface area contributed by atoms with Gasteiger partial charge in [-0.2, -0.15) is 5.10 Å². The van der Waals surface area contributed by atoms with Crippen LogP contribution < -0.4 is 20.6 Å². The third-order valence-corrected chi connectivity index (χ3v) is 4.19. The van der Waals surface area contributed by atoms with E-state index in [4.69, 9.17) is 15.2 Å². The average molecular weight is 403 g/mol. The Kier molecular flexibility index (Phi) is 6.78. The number of nitrogens with one attached hydrogen (secondary N) is 1. The largest absolute Gasteiger partial charge is 0.493 e. The molecule has 0 aliphatic carbocycles. The summed E-state index contributed by atoms with van der Waals surface area (Å²) < 4.78 is 10.5. The average Bonchev–Trinajstić information content (AvgIpc) is 2.78. The summed E-state index contributed by atoms with van der Waals surface area (Å²) in [5.41, 5.74) is 10.9. The molecule has 0 fully saturated rings. The molecule has 30 heavy (non-hydrogen) atoms. The quantitative estimate of drug-likeness (QED) is 0.446. The van der Waals surface area contributed by atoms with Crippen molar-refractivity contribution in [2.75, 3.05) is 13.7 Å². The van der Waals surface area contributed by atoms with Crippen LogP contribution >= 0.6 is 0 Å². The van der Waals surface area contributed by atoms with Crippen molar-refractivity contribution in [2.45, 2.75) is 0 Å². The van der Waals surface area contributed by atoms with Crippen molar-refractivity contribution in [1.29, 1.82) is 0 Å². The first-order valence-electron chi connectivity index (χ1n) is 9.15. The highest BCUT2D eigenvalue weighted by atomic mass is 16.5. The van der Waals surface area contributed by atoms with Gasteiger partial charge in [0.25, 0.3) is 11.8 Å². The number of hydrogen-bond acceptors (Lipinski definition) is 5. The number of hydrogen-bond donors (Lipinski definition) is 2. The lowest BCUT2D eigenvalue weighted by Crippen LogP contribution is -2.20. The minimum Gasteiger partial charge on any atom is -0.493 e. The Morgan fingerprint density at radius 3 is 2.33 bits per heavy atom. The second-order valence-corrected chi connectivity index (χ2v) is 6.31. The summed E-state index contributed by atoms with van der Waals surface area (Å²) in [4.78, 5) is 23.1. The van der Waals surface area contributed by atoms with Gasteiger partial charge in [-0.1, -0.05) is 42.5 Å². The van der Waals surface area contributed by atoms with Gasteiger partial charge in [0.15, 0.2) is 18.1 Å². The van der Waals surface area contributed by atoms with Crippen LogP contribution in [0.25, 0.3) is 11.1 Å². The molecule has 0 bridgehead atoms. The fourth-order valence-corrected chi connectivity index (χ4v) is 2.71. The maximum absolute atomic E-state index is 12.3. The minimum atomic E-state index is -0.581. The summed E-state index contributed by atoms with van der Waals surface area (Å²) >= 11 is 0. The number of hydrazone groups is 1. The smallest absolute Gasteiger partial charge is 0.271 e. The van der Waals surface area contributed by atoms with Gasteiger partial charge in [0.2, 0.25) is 0 Å². The SMILES string of the molecule is COc1cc(C=NNC(=O)c2ccc(-c3ccccc3)cc2)ccc1OCC(N)=O. The maximum Gasteiger partial charge on any atom is 0.271 e. The molecule has 0 atom stereocenters. The van der Waals surface area contributed by atoms with Crippen LogP contribution in [0.1, 0.15) is 15.9 Å². The fourth-order valence-electron chi connectivity index (χ4n) is 2.71. The second-order valence-electron chi connectivity index (χ2n) is 6.31. The van der Waals surface area contributed by atoms with E-state index >= 15 is 0 Å². The molecule has 0 radical (unpaired) electrons. The number of rotatable bonds is 8. The van der Waals surface area contributed by atoms with E-state index in [0.29, 0.717) is 22.6 Å². The van der Waals surface area contributed by atoms with Crippen LogP contribution in [0.15, 0.2) is 77.9 Å². The minimum absolute atomic E-state index is 0.247. The zero-order valence-corrected chi connectivity index (χ0v) is 16.4. The number of primary amides is 1. The van der Waals surface area contributed by atoms with Crippen LogP contribution in [0.3, 0.4) is 0 Å². The van der Waals surface area contributed by atoms with Crippen molar-refractivity contribution >= 4 is 18.0 Å². The third-order valence-electron chi connectivity index (χ3n) is 4.19. The van der Waals surface area contributed by atoms with Gasteiger partial charge in [0.1, 0.15) is 0 Å². The lowest BCUT2D eigenvalue weighted by molar-refractivity contribution is -0.119. The molecule has 3 N–H and O–H groups in total. The van der Waals surface area contributed by atoms with Crippen molar-refractivity contribution in [1.82, 2.24) is 5.43 Å². The van der Waals surface area contributed by atoms with Crippen LogP contribution in [0.5, 0.6) is 11.5 Å². The van der Waals surface area contributed by atoms with E-state index in [1.165, 1.54) is 13.3 Å². The molecular formula is C23H21N3O4. The number of nitrogens with zero attached hydrogens (tertiary/aromatic N) is 1. The monoisotopic (exact) mass is 403 g/mol. The number of amides is 2. The zero-order chi connectivity index (χ0) is 21.3. The number of carbonyl (C=O) groups is 2. The Bertz CT molecular complexity index is 1050. The van der Waals surface area contributed by atoms with E-state index in [1.54, 1.807) is 30.3 Å². The third kappa shape index (κ3) is 5.45. The standard InChI is InChI=1S/C23H21N3O4/c1-29-21-13-16(7-12-20(21)30-15-22(24)27)14-25-26-23(28)19-10-8-18(9-11-19)17-5-3-2-4-6-17/h2-14H,15H2,1H3,(H2,24,27)(H,26,28). The van der Waals surface area contributed by atoms with Crippen molar-refractivity contribution < 1.29 is 19.1 Å². The first kappa shape index (κ1) is 20.6. The number of nitrogens with two attached hydrogens (primary N) is 1. The summed E-state index contributed by atoms with van der Waals surface area (Å²) in [7, 11) is 1.48. The summed E-state index contributed by atoms with van der Waals surface area (Å²) in [5, 5.41) is 3.98. The van der Waals surface area contributed by atoms with Crippen LogP contribution in [0.2, 0.25) is 0 Å². The lowest BCUT2D eigenvalue weighted by Gasteiger charge is -2.09. The Morgan fingerprint density at radius 1 is 0.967 bits per heavy atom. The molecule has 3 rings (SSSR count). The first-order chi connectivity index (χ1) is 14.6. The van der Waals surface area contributed by atoms with Crippen molar-refractivity contribution in [3.63, 3.8) is 0 Å². The molecule has 0 saturated carbocycles. The second kappa shape index (κ2) is 9.88. The molecule has 3 aromatic rings. The van der Waals surface area contributed by atoms with E-state index < -0.39 is 5.91 Å². The molecule has 152 valence electrons. The van der Waals surface area contributed by atoms with Gasteiger partial charge >= 0.3 is 0 Å². The van der Waals surface area contributed by atoms with E-state index in [-0.39, 0.29) is 12.5 Å². The van der Waals surface area contributed by atoms with Gasteiger partial charge < -0.3 is 15.2 Å². The summed E-state index contributed by atoms with van der Waals surface area (Å²) in [6.07, 6.45) is 1.48. The van der Waals surface area contributed by atoms with Gasteiger partial charge in [-0.15, -0.1) is 0 Å². The molecule has 0 unspecified atom stereocenters. The Labute approximate surface area is 174 Å². The molecule has 3 aromatic carbocycles. The Morgan fingerprint density at radius 2 is 1.67 bits per heavy atom. The highest BCUT2D eigenvalue weighted by Gasteiger charge is 2.07. The van der Waals surface area contributed by atoms with Crippen molar-refractivity contribution in [2.24, 2.45) is 10.8 Å². The molecule has 0 aliphatic heterocycles. The number of carbonyl (C=O) groups excluding carboxylic acids is 2. The fraction of sp³-hybridized carbons (Fsp3) is 0.0870. The van der Waals surface area contributed by atoms with Crippen molar-refractivity contribution in [3.8, 4) is 22.6 Å². The van der Waals surface area contributed by atoms with Gasteiger partial charge in [-0.05, 0) is 47.0 Å². The molecule has 0 aliphatic rings. The lowest BCUT2D eigenvalue weighted by atomic mass is 10.0. The van der Waals surface area contributed by atoms with Gasteiger partial charge in [0, 0.05) is 5.56 Å². The molecule has 7 nitrogen and oxygen atoms in total. The van der Waals surface area contributed by atoms with Gasteiger partial charge in [-0.3, -0.25) is 9.59 Å². The first-order valence-corrected chi connectivity index (χ1v) is 9.15. The molecular weight excluding hydrogens is 382 g/mol. The molecule has 0 heterocycles. The van der Waals surface area contributed by atoms with Crippen LogP contribution in [-0.2, 0) is 4.79 Å². The topological polar surface area (TPSA) is 103 Å². The highest BCUT2D eigenvalue weighted by Crippen LogP contribution is 2.27. The molecule has 0 spiro atoms. The van der Waals surface area contributed by atoms with Crippen LogP contribution in [0.4, 0.5) is 0 Å². The van der Waals surface area contributed by atoms with E-state index in [2.05, 4.69) is 10.5 Å². The van der Waals surface area contributed by atoms with Crippen LogP contribution in [0, 0.1) is 0 Å². The normalized spacial score (nSPS) is 10.6. The summed E-state index contributed by atoms with van der Waals surface area (Å²) in [6, 6.07) is 22.2. The predicted molar refractivity (Wildman–Crippen MR) is 115 cm³/mol. The van der Waals surface area contributed by atoms with Crippen LogP contribution in [-0.4, -0.2) is 31.7 Å².